The summed E-state index contributed by atoms with van der Waals surface area (Å²) in [5.74, 6) is 1.28. The molecule has 2 N–H and O–H groups in total. The molecule has 1 saturated carbocycles. The predicted molar refractivity (Wildman–Crippen MR) is 76.8 cm³/mol. The standard InChI is InChI=1S/C16H25NO/c1-12-4-6-15(7-5-12)17-16(11-18)9-8-13(2)10-14(16)3/h4-7,13-14,17-18H,8-11H2,1-3H3. The summed E-state index contributed by atoms with van der Waals surface area (Å²) in [6.07, 6.45) is 3.45. The SMILES string of the molecule is Cc1ccc(NC2(CO)CCC(C)CC2C)cc1. The van der Waals surface area contributed by atoms with Gasteiger partial charge in [-0.15, -0.1) is 0 Å². The Bertz CT molecular complexity index is 387. The summed E-state index contributed by atoms with van der Waals surface area (Å²) < 4.78 is 0. The number of anilines is 1. The first kappa shape index (κ1) is 13.4. The molecule has 1 aliphatic carbocycles. The van der Waals surface area contributed by atoms with Crippen molar-refractivity contribution in [3.05, 3.63) is 29.8 Å². The molecule has 1 aromatic rings. The molecule has 1 fully saturated rings. The predicted octanol–water partition coefficient (Wildman–Crippen LogP) is 3.59. The maximum atomic E-state index is 9.85. The van der Waals surface area contributed by atoms with Crippen LogP contribution in [0.4, 0.5) is 5.69 Å². The lowest BCUT2D eigenvalue weighted by Crippen LogP contribution is -2.51. The van der Waals surface area contributed by atoms with Gasteiger partial charge in [0.05, 0.1) is 12.1 Å². The first-order valence-corrected chi connectivity index (χ1v) is 7.01. The molecule has 2 heteroatoms. The van der Waals surface area contributed by atoms with Gasteiger partial charge in [0.2, 0.25) is 0 Å². The highest BCUT2D eigenvalue weighted by Gasteiger charge is 2.39. The van der Waals surface area contributed by atoms with Crippen LogP contribution in [0.25, 0.3) is 0 Å². The second-order valence-corrected chi connectivity index (χ2v) is 6.09. The molecule has 2 rings (SSSR count). The second kappa shape index (κ2) is 5.31. The number of hydrogen-bond donors (Lipinski definition) is 2. The van der Waals surface area contributed by atoms with E-state index in [1.54, 1.807) is 0 Å². The van der Waals surface area contributed by atoms with Crippen molar-refractivity contribution < 1.29 is 5.11 Å². The molecule has 3 unspecified atom stereocenters. The van der Waals surface area contributed by atoms with Gasteiger partial charge >= 0.3 is 0 Å². The van der Waals surface area contributed by atoms with Gasteiger partial charge in [-0.25, -0.2) is 0 Å². The van der Waals surface area contributed by atoms with E-state index in [1.807, 2.05) is 0 Å². The van der Waals surface area contributed by atoms with Crippen LogP contribution in [0.2, 0.25) is 0 Å². The van der Waals surface area contributed by atoms with Crippen molar-refractivity contribution >= 4 is 5.69 Å². The maximum absolute atomic E-state index is 9.85. The van der Waals surface area contributed by atoms with Crippen LogP contribution in [0.15, 0.2) is 24.3 Å². The molecule has 0 aliphatic heterocycles. The highest BCUT2D eigenvalue weighted by atomic mass is 16.3. The Balaban J connectivity index is 2.15. The summed E-state index contributed by atoms with van der Waals surface area (Å²) in [5.41, 5.74) is 2.25. The first-order valence-electron chi connectivity index (χ1n) is 7.01. The van der Waals surface area contributed by atoms with Crippen LogP contribution < -0.4 is 5.32 Å². The average molecular weight is 247 g/mol. The van der Waals surface area contributed by atoms with Gasteiger partial charge in [0, 0.05) is 5.69 Å². The highest BCUT2D eigenvalue weighted by molar-refractivity contribution is 5.47. The summed E-state index contributed by atoms with van der Waals surface area (Å²) in [6, 6.07) is 8.45. The molecule has 0 radical (unpaired) electrons. The zero-order valence-corrected chi connectivity index (χ0v) is 11.7. The van der Waals surface area contributed by atoms with E-state index in [4.69, 9.17) is 0 Å². The van der Waals surface area contributed by atoms with Crippen LogP contribution in [0.1, 0.15) is 38.7 Å². The highest BCUT2D eigenvalue weighted by Crippen LogP contribution is 2.38. The molecule has 2 nitrogen and oxygen atoms in total. The Kier molecular flexibility index (Phi) is 3.96. The van der Waals surface area contributed by atoms with Crippen LogP contribution in [0.5, 0.6) is 0 Å². The summed E-state index contributed by atoms with van der Waals surface area (Å²) >= 11 is 0. The number of benzene rings is 1. The van der Waals surface area contributed by atoms with Gasteiger partial charge in [-0.3, -0.25) is 0 Å². The average Bonchev–Trinajstić information content (AvgIpc) is 2.36. The molecule has 18 heavy (non-hydrogen) atoms. The molecule has 1 aliphatic rings. The molecule has 0 spiro atoms. The molecule has 0 heterocycles. The third-order valence-corrected chi connectivity index (χ3v) is 4.51. The zero-order valence-electron chi connectivity index (χ0n) is 11.7. The molecule has 3 atom stereocenters. The van der Waals surface area contributed by atoms with Gasteiger partial charge in [0.15, 0.2) is 0 Å². The molecule has 0 saturated heterocycles. The molecule has 1 aromatic carbocycles. The van der Waals surface area contributed by atoms with Gasteiger partial charge in [0.25, 0.3) is 0 Å². The van der Waals surface area contributed by atoms with E-state index in [0.717, 1.165) is 18.0 Å². The van der Waals surface area contributed by atoms with Crippen molar-refractivity contribution in [2.75, 3.05) is 11.9 Å². The van der Waals surface area contributed by atoms with Crippen molar-refractivity contribution in [1.29, 1.82) is 0 Å². The Morgan fingerprint density at radius 1 is 1.28 bits per heavy atom. The van der Waals surface area contributed by atoms with Crippen LogP contribution in [0, 0.1) is 18.8 Å². The zero-order chi connectivity index (χ0) is 13.2. The lowest BCUT2D eigenvalue weighted by molar-refractivity contribution is 0.106. The molecule has 100 valence electrons. The third kappa shape index (κ3) is 2.69. The normalized spacial score (nSPS) is 32.2. The Hall–Kier alpha value is -1.02. The van der Waals surface area contributed by atoms with Gasteiger partial charge < -0.3 is 10.4 Å². The van der Waals surface area contributed by atoms with Crippen LogP contribution >= 0.6 is 0 Å². The number of aliphatic hydroxyl groups is 1. The third-order valence-electron chi connectivity index (χ3n) is 4.51. The fraction of sp³-hybridized carbons (Fsp3) is 0.625. The van der Waals surface area contributed by atoms with E-state index in [1.165, 1.54) is 18.4 Å². The molecule has 0 aromatic heterocycles. The fourth-order valence-electron chi connectivity index (χ4n) is 3.08. The Labute approximate surface area is 110 Å². The van der Waals surface area contributed by atoms with E-state index in [-0.39, 0.29) is 12.1 Å². The summed E-state index contributed by atoms with van der Waals surface area (Å²) in [7, 11) is 0. The van der Waals surface area contributed by atoms with Crippen LogP contribution in [-0.2, 0) is 0 Å². The van der Waals surface area contributed by atoms with Crippen molar-refractivity contribution in [2.24, 2.45) is 11.8 Å². The lowest BCUT2D eigenvalue weighted by Gasteiger charge is -2.45. The molecule has 0 bridgehead atoms. The van der Waals surface area contributed by atoms with Crippen molar-refractivity contribution in [2.45, 2.75) is 45.6 Å². The minimum Gasteiger partial charge on any atom is -0.394 e. The van der Waals surface area contributed by atoms with E-state index >= 15 is 0 Å². The smallest absolute Gasteiger partial charge is 0.0664 e. The van der Waals surface area contributed by atoms with Crippen molar-refractivity contribution in [3.63, 3.8) is 0 Å². The lowest BCUT2D eigenvalue weighted by atomic mass is 9.70. The summed E-state index contributed by atoms with van der Waals surface area (Å²) in [6.45, 7) is 6.88. The maximum Gasteiger partial charge on any atom is 0.0664 e. The van der Waals surface area contributed by atoms with Crippen LogP contribution in [-0.4, -0.2) is 17.3 Å². The number of aliphatic hydroxyl groups excluding tert-OH is 1. The molecular weight excluding hydrogens is 222 g/mol. The molecule has 0 amide bonds. The summed E-state index contributed by atoms with van der Waals surface area (Å²) in [4.78, 5) is 0. The minimum atomic E-state index is -0.137. The largest absolute Gasteiger partial charge is 0.394 e. The number of rotatable bonds is 3. The fourth-order valence-corrected chi connectivity index (χ4v) is 3.08. The van der Waals surface area contributed by atoms with Gasteiger partial charge in [0.1, 0.15) is 0 Å². The van der Waals surface area contributed by atoms with Gasteiger partial charge in [-0.1, -0.05) is 31.5 Å². The van der Waals surface area contributed by atoms with Crippen molar-refractivity contribution in [1.82, 2.24) is 0 Å². The van der Waals surface area contributed by atoms with E-state index in [0.29, 0.717) is 5.92 Å². The summed E-state index contributed by atoms with van der Waals surface area (Å²) in [5, 5.41) is 13.4. The first-order chi connectivity index (χ1) is 8.55. The second-order valence-electron chi connectivity index (χ2n) is 6.09. The number of aryl methyl sites for hydroxylation is 1. The molecular formula is C16H25NO. The van der Waals surface area contributed by atoms with Crippen molar-refractivity contribution in [3.8, 4) is 0 Å². The topological polar surface area (TPSA) is 32.3 Å². The van der Waals surface area contributed by atoms with Gasteiger partial charge in [-0.05, 0) is 50.2 Å². The van der Waals surface area contributed by atoms with E-state index < -0.39 is 0 Å². The van der Waals surface area contributed by atoms with Crippen LogP contribution in [0.3, 0.4) is 0 Å². The van der Waals surface area contributed by atoms with E-state index in [2.05, 4.69) is 50.4 Å². The van der Waals surface area contributed by atoms with Gasteiger partial charge in [-0.2, -0.15) is 0 Å². The minimum absolute atomic E-state index is 0.137. The Morgan fingerprint density at radius 3 is 2.50 bits per heavy atom. The quantitative estimate of drug-likeness (QED) is 0.855. The number of hydrogen-bond acceptors (Lipinski definition) is 2. The Morgan fingerprint density at radius 2 is 1.94 bits per heavy atom. The van der Waals surface area contributed by atoms with E-state index in [9.17, 15) is 5.11 Å². The monoisotopic (exact) mass is 247 g/mol. The number of nitrogens with one attached hydrogen (secondary N) is 1.